The van der Waals surface area contributed by atoms with Gasteiger partial charge in [-0.2, -0.15) is 0 Å². The highest BCUT2D eigenvalue weighted by molar-refractivity contribution is 6.31. The van der Waals surface area contributed by atoms with Crippen LogP contribution in [0.2, 0.25) is 0 Å². The molecule has 2 aliphatic heterocycles. The van der Waals surface area contributed by atoms with Crippen molar-refractivity contribution in [1.82, 2.24) is 5.32 Å². The Bertz CT molecular complexity index is 1590. The zero-order chi connectivity index (χ0) is 36.4. The number of phenolic OH excluding ortho intramolecular Hbond substituents is 2. The highest BCUT2D eigenvalue weighted by atomic mass is 16.3. The molecule has 2 heterocycles. The molecule has 1 aromatic rings. The number of rotatable bonds is 2. The Morgan fingerprint density at radius 2 is 1.21 bits per heavy atom. The summed E-state index contributed by atoms with van der Waals surface area (Å²) in [7, 11) is 0. The van der Waals surface area contributed by atoms with E-state index in [2.05, 4.69) is 5.32 Å². The number of hydrogen-bond acceptors (Lipinski definition) is 11. The number of aliphatic hydroxyl groups excluding tert-OH is 5. The van der Waals surface area contributed by atoms with E-state index in [0.29, 0.717) is 6.42 Å². The van der Waals surface area contributed by atoms with Crippen LogP contribution in [-0.4, -0.2) is 90.0 Å². The minimum absolute atomic E-state index is 0.125. The van der Waals surface area contributed by atoms with E-state index in [1.54, 1.807) is 19.9 Å². The first-order chi connectivity index (χ1) is 22.4. The fraction of sp³-hybridized carbons (Fsp3) is 0.500. The molecule has 0 fully saturated rings. The highest BCUT2D eigenvalue weighted by Gasteiger charge is 2.40. The summed E-state index contributed by atoms with van der Waals surface area (Å²) >= 11 is 0. The third kappa shape index (κ3) is 7.37. The number of Topliss-reactive ketones (excluding diaryl/α,β-unsaturated/α-hetero) is 2. The number of amides is 1. The summed E-state index contributed by atoms with van der Waals surface area (Å²) < 4.78 is 0. The van der Waals surface area contributed by atoms with Crippen molar-refractivity contribution in [1.29, 1.82) is 0 Å². The van der Waals surface area contributed by atoms with Gasteiger partial charge in [0, 0.05) is 46.8 Å². The molecule has 4 bridgehead atoms. The summed E-state index contributed by atoms with van der Waals surface area (Å²) in [5, 5.41) is 79.1. The van der Waals surface area contributed by atoms with E-state index in [0.717, 1.165) is 6.08 Å². The molecule has 1 aromatic carbocycles. The third-order valence-corrected chi connectivity index (χ3v) is 9.83. The number of carbonyl (C=O) groups is 4. The molecule has 9 unspecified atom stereocenters. The minimum atomic E-state index is -1.44. The number of carbonyl (C=O) groups excluding carboxylic acids is 4. The van der Waals surface area contributed by atoms with Crippen LogP contribution in [0, 0.1) is 36.5 Å². The van der Waals surface area contributed by atoms with E-state index in [1.165, 1.54) is 45.9 Å². The number of phenols is 2. The van der Waals surface area contributed by atoms with E-state index < -0.39 is 118 Å². The number of hydrogen-bond donors (Lipinski definition) is 8. The lowest BCUT2D eigenvalue weighted by atomic mass is 9.76. The maximum Gasteiger partial charge on any atom is 0.251 e. The average molecular weight is 670 g/mol. The largest absolute Gasteiger partial charge is 0.507 e. The van der Waals surface area contributed by atoms with Crippen LogP contribution in [0.25, 0.3) is 0 Å². The predicted molar refractivity (Wildman–Crippen MR) is 176 cm³/mol. The molecule has 12 nitrogen and oxygen atoms in total. The molecule has 48 heavy (non-hydrogen) atoms. The van der Waals surface area contributed by atoms with Crippen LogP contribution in [0.1, 0.15) is 84.6 Å². The second-order valence-electron chi connectivity index (χ2n) is 13.0. The minimum Gasteiger partial charge on any atom is -0.507 e. The van der Waals surface area contributed by atoms with Crippen molar-refractivity contribution < 1.29 is 54.9 Å². The van der Waals surface area contributed by atoms with E-state index in [1.807, 2.05) is 6.92 Å². The van der Waals surface area contributed by atoms with Gasteiger partial charge in [-0.15, -0.1) is 0 Å². The SMILES string of the molecule is CCC1/C=C/C=C(/C)C(=O)NC2=CC(=O)c3c(c(O)c(C)c(O)c3C(=O)/C(C)=C\C(CO)C(O)C(C)C(O)C(C)C(O)C(C)C1O)C2=O. The standard InChI is InChI=1S/C36H47NO11/c1-8-21-11-9-10-15(2)36(48)37-23-13-24(39)25-26(33(45)20(7)34(46)27(25)35(23)47)28(40)16(3)12-22(14-38)32(44)19(6)30(42)17(4)29(41)18(5)31(21)43/h9-13,17-19,21-22,29-32,38,41-46H,8,14H2,1-7H3,(H,37,48)/b11-9+,15-10-,16-12-. The zero-order valence-electron chi connectivity index (χ0n) is 28.3. The lowest BCUT2D eigenvalue weighted by molar-refractivity contribution is -0.116. The number of aromatic hydroxyl groups is 2. The van der Waals surface area contributed by atoms with E-state index in [-0.39, 0.29) is 16.7 Å². The fourth-order valence-electron chi connectivity index (χ4n) is 6.36. The van der Waals surface area contributed by atoms with Gasteiger partial charge < -0.3 is 41.1 Å². The Kier molecular flexibility index (Phi) is 12.5. The maximum absolute atomic E-state index is 13.8. The van der Waals surface area contributed by atoms with Crippen LogP contribution in [0.15, 0.2) is 47.2 Å². The number of fused-ring (bicyclic) bond motifs is 15. The molecular weight excluding hydrogens is 622 g/mol. The second-order valence-corrected chi connectivity index (χ2v) is 13.0. The van der Waals surface area contributed by atoms with Crippen molar-refractivity contribution in [2.45, 2.75) is 79.3 Å². The van der Waals surface area contributed by atoms with Crippen molar-refractivity contribution in [3.05, 3.63) is 69.5 Å². The van der Waals surface area contributed by atoms with Gasteiger partial charge in [0.1, 0.15) is 11.5 Å². The van der Waals surface area contributed by atoms with Crippen molar-refractivity contribution in [2.24, 2.45) is 29.6 Å². The van der Waals surface area contributed by atoms with Crippen LogP contribution in [0.5, 0.6) is 11.5 Å². The van der Waals surface area contributed by atoms with Crippen LogP contribution in [0.4, 0.5) is 0 Å². The Hall–Kier alpha value is -3.94. The molecule has 1 amide bonds. The van der Waals surface area contributed by atoms with Crippen LogP contribution in [0.3, 0.4) is 0 Å². The summed E-state index contributed by atoms with van der Waals surface area (Å²) in [5.41, 5.74) is -2.48. The second kappa shape index (κ2) is 15.5. The van der Waals surface area contributed by atoms with Gasteiger partial charge in [-0.25, -0.2) is 0 Å². The van der Waals surface area contributed by atoms with Crippen LogP contribution >= 0.6 is 0 Å². The lowest BCUT2D eigenvalue weighted by Gasteiger charge is -2.37. The number of benzene rings is 1. The van der Waals surface area contributed by atoms with Gasteiger partial charge >= 0.3 is 0 Å². The first kappa shape index (κ1) is 38.5. The van der Waals surface area contributed by atoms with Crippen molar-refractivity contribution in [2.75, 3.05) is 6.61 Å². The third-order valence-electron chi connectivity index (χ3n) is 9.83. The Balaban J connectivity index is 2.24. The first-order valence-electron chi connectivity index (χ1n) is 16.0. The molecule has 0 aromatic heterocycles. The Morgan fingerprint density at radius 1 is 0.708 bits per heavy atom. The van der Waals surface area contributed by atoms with Gasteiger partial charge in [0.25, 0.3) is 5.91 Å². The molecule has 0 saturated carbocycles. The number of allylic oxidation sites excluding steroid dienone is 5. The molecular formula is C36H47NO11. The highest BCUT2D eigenvalue weighted by Crippen LogP contribution is 2.41. The van der Waals surface area contributed by atoms with Crippen LogP contribution < -0.4 is 5.32 Å². The summed E-state index contributed by atoms with van der Waals surface area (Å²) in [6, 6.07) is 0. The number of ketones is 3. The van der Waals surface area contributed by atoms with Gasteiger partial charge in [-0.3, -0.25) is 19.2 Å². The topological polar surface area (TPSA) is 222 Å². The Morgan fingerprint density at radius 3 is 1.73 bits per heavy atom. The van der Waals surface area contributed by atoms with Crippen molar-refractivity contribution in [3.8, 4) is 11.5 Å². The first-order valence-corrected chi connectivity index (χ1v) is 16.0. The molecule has 0 saturated heterocycles. The molecule has 9 atom stereocenters. The molecule has 0 radical (unpaired) electrons. The van der Waals surface area contributed by atoms with Gasteiger partial charge in [0.2, 0.25) is 5.78 Å². The van der Waals surface area contributed by atoms with Gasteiger partial charge in [-0.05, 0) is 32.8 Å². The predicted octanol–water partition coefficient (Wildman–Crippen LogP) is 2.42. The molecule has 3 aliphatic rings. The Labute approximate surface area is 279 Å². The monoisotopic (exact) mass is 669 g/mol. The zero-order valence-corrected chi connectivity index (χ0v) is 28.3. The van der Waals surface area contributed by atoms with Gasteiger partial charge in [0.05, 0.1) is 53.4 Å². The van der Waals surface area contributed by atoms with Gasteiger partial charge in [-0.1, -0.05) is 52.0 Å². The van der Waals surface area contributed by atoms with Crippen LogP contribution in [-0.2, 0) is 4.79 Å². The quantitative estimate of drug-likeness (QED) is 0.228. The summed E-state index contributed by atoms with van der Waals surface area (Å²) in [6.45, 7) is 9.88. The molecule has 12 heteroatoms. The molecule has 262 valence electrons. The van der Waals surface area contributed by atoms with E-state index >= 15 is 0 Å². The normalized spacial score (nSPS) is 34.1. The summed E-state index contributed by atoms with van der Waals surface area (Å²) in [6.07, 6.45) is 2.09. The smallest absolute Gasteiger partial charge is 0.251 e. The van der Waals surface area contributed by atoms with Crippen molar-refractivity contribution in [3.63, 3.8) is 0 Å². The number of aliphatic hydroxyl groups is 5. The van der Waals surface area contributed by atoms with Gasteiger partial charge in [0.15, 0.2) is 11.6 Å². The molecule has 0 spiro atoms. The molecule has 4 rings (SSSR count). The molecule has 8 N–H and O–H groups in total. The number of nitrogens with one attached hydrogen (secondary N) is 1. The van der Waals surface area contributed by atoms with E-state index in [9.17, 15) is 54.9 Å². The average Bonchev–Trinajstić information content (AvgIpc) is 3.06. The van der Waals surface area contributed by atoms with E-state index in [4.69, 9.17) is 0 Å². The van der Waals surface area contributed by atoms with Crippen molar-refractivity contribution >= 4 is 23.3 Å². The lowest BCUT2D eigenvalue weighted by Crippen LogP contribution is -2.46. The maximum atomic E-state index is 13.8. The molecule has 1 aliphatic carbocycles. The fourth-order valence-corrected chi connectivity index (χ4v) is 6.36. The summed E-state index contributed by atoms with van der Waals surface area (Å²) in [4.78, 5) is 53.8. The summed E-state index contributed by atoms with van der Waals surface area (Å²) in [5.74, 6) is -9.22.